The number of hydrogen-bond donors (Lipinski definition) is 1. The first kappa shape index (κ1) is 11.0. The maximum absolute atomic E-state index is 11.5. The van der Waals surface area contributed by atoms with Crippen molar-refractivity contribution in [3.63, 3.8) is 0 Å². The Kier molecular flexibility index (Phi) is 3.89. The van der Waals surface area contributed by atoms with Crippen LogP contribution < -0.4 is 5.32 Å². The van der Waals surface area contributed by atoms with Crippen molar-refractivity contribution in [2.45, 2.75) is 6.92 Å². The third-order valence-corrected chi connectivity index (χ3v) is 2.36. The Morgan fingerprint density at radius 3 is 2.93 bits per heavy atom. The van der Waals surface area contributed by atoms with Crippen LogP contribution in [0.3, 0.4) is 0 Å². The van der Waals surface area contributed by atoms with Crippen molar-refractivity contribution in [3.05, 3.63) is 32.9 Å². The lowest BCUT2D eigenvalue weighted by Crippen LogP contribution is -2.23. The topological polar surface area (TPSA) is 52.9 Å². The second-order valence-electron chi connectivity index (χ2n) is 2.66. The summed E-state index contributed by atoms with van der Waals surface area (Å²) in [6, 6.07) is 7.18. The van der Waals surface area contributed by atoms with Gasteiger partial charge in [0.05, 0.1) is 17.2 Å². The minimum absolute atomic E-state index is 0.192. The van der Waals surface area contributed by atoms with Crippen molar-refractivity contribution in [1.29, 1.82) is 5.26 Å². The normalized spacial score (nSPS) is 9.21. The fourth-order valence-corrected chi connectivity index (χ4v) is 1.55. The van der Waals surface area contributed by atoms with Crippen LogP contribution in [-0.2, 0) is 0 Å². The van der Waals surface area contributed by atoms with Gasteiger partial charge in [-0.3, -0.25) is 4.79 Å². The molecule has 0 unspecified atom stereocenters. The molecule has 1 aromatic carbocycles. The van der Waals surface area contributed by atoms with E-state index in [1.807, 2.05) is 19.1 Å². The monoisotopic (exact) mass is 300 g/mol. The Balaban J connectivity index is 3.12. The lowest BCUT2D eigenvalue weighted by atomic mass is 10.1. The van der Waals surface area contributed by atoms with Gasteiger partial charge in [-0.25, -0.2) is 0 Å². The number of nitrogens with one attached hydrogen (secondary N) is 1. The minimum atomic E-state index is -0.192. The first-order valence-corrected chi connectivity index (χ1v) is 5.24. The van der Waals surface area contributed by atoms with Crippen molar-refractivity contribution < 1.29 is 4.79 Å². The van der Waals surface area contributed by atoms with Gasteiger partial charge in [0.25, 0.3) is 5.91 Å². The van der Waals surface area contributed by atoms with Gasteiger partial charge < -0.3 is 5.32 Å². The number of rotatable bonds is 2. The van der Waals surface area contributed by atoms with Crippen molar-refractivity contribution in [1.82, 2.24) is 5.32 Å². The maximum Gasteiger partial charge on any atom is 0.252 e. The largest absolute Gasteiger partial charge is 0.352 e. The zero-order valence-corrected chi connectivity index (χ0v) is 9.83. The zero-order valence-electron chi connectivity index (χ0n) is 7.67. The molecule has 0 aliphatic rings. The van der Waals surface area contributed by atoms with E-state index in [0.29, 0.717) is 17.7 Å². The van der Waals surface area contributed by atoms with Crippen molar-refractivity contribution in [2.75, 3.05) is 6.54 Å². The predicted molar refractivity (Wildman–Crippen MR) is 61.9 cm³/mol. The molecule has 4 heteroatoms. The van der Waals surface area contributed by atoms with Gasteiger partial charge in [-0.05, 0) is 47.7 Å². The highest BCUT2D eigenvalue weighted by atomic mass is 127. The highest BCUT2D eigenvalue weighted by Crippen LogP contribution is 2.12. The lowest BCUT2D eigenvalue weighted by Gasteiger charge is -2.04. The molecule has 0 aliphatic carbocycles. The molecular weight excluding hydrogens is 291 g/mol. The summed E-state index contributed by atoms with van der Waals surface area (Å²) in [5, 5.41) is 11.5. The Hall–Kier alpha value is -1.09. The average Bonchev–Trinajstić information content (AvgIpc) is 2.18. The first-order chi connectivity index (χ1) is 6.69. The van der Waals surface area contributed by atoms with E-state index < -0.39 is 0 Å². The van der Waals surface area contributed by atoms with Crippen LogP contribution in [0.15, 0.2) is 18.2 Å². The SMILES string of the molecule is CCNC(=O)c1cc(I)ccc1C#N. The molecule has 1 amide bonds. The molecule has 0 spiro atoms. The number of hydrogen-bond acceptors (Lipinski definition) is 2. The Labute approximate surface area is 96.3 Å². The second kappa shape index (κ2) is 4.96. The van der Waals surface area contributed by atoms with Crippen molar-refractivity contribution in [3.8, 4) is 6.07 Å². The van der Waals surface area contributed by atoms with Crippen LogP contribution in [0.4, 0.5) is 0 Å². The van der Waals surface area contributed by atoms with E-state index in [1.54, 1.807) is 12.1 Å². The molecule has 0 radical (unpaired) electrons. The summed E-state index contributed by atoms with van der Waals surface area (Å²) in [5.41, 5.74) is 0.859. The summed E-state index contributed by atoms with van der Waals surface area (Å²) in [7, 11) is 0. The molecular formula is C10H9IN2O. The lowest BCUT2D eigenvalue weighted by molar-refractivity contribution is 0.0955. The van der Waals surface area contributed by atoms with Crippen LogP contribution in [-0.4, -0.2) is 12.5 Å². The molecule has 0 aromatic heterocycles. The fraction of sp³-hybridized carbons (Fsp3) is 0.200. The zero-order chi connectivity index (χ0) is 10.6. The number of benzene rings is 1. The number of nitrogens with zero attached hydrogens (tertiary/aromatic N) is 1. The van der Waals surface area contributed by atoms with Gasteiger partial charge in [0.15, 0.2) is 0 Å². The van der Waals surface area contributed by atoms with Crippen molar-refractivity contribution in [2.24, 2.45) is 0 Å². The molecule has 72 valence electrons. The molecule has 14 heavy (non-hydrogen) atoms. The quantitative estimate of drug-likeness (QED) is 0.848. The highest BCUT2D eigenvalue weighted by Gasteiger charge is 2.10. The van der Waals surface area contributed by atoms with E-state index in [0.717, 1.165) is 3.57 Å². The van der Waals surface area contributed by atoms with E-state index in [2.05, 4.69) is 27.9 Å². The molecule has 0 saturated carbocycles. The summed E-state index contributed by atoms with van der Waals surface area (Å²) >= 11 is 2.11. The van der Waals surface area contributed by atoms with E-state index in [9.17, 15) is 4.79 Å². The van der Waals surface area contributed by atoms with Gasteiger partial charge >= 0.3 is 0 Å². The standard InChI is InChI=1S/C10H9IN2O/c1-2-13-10(14)9-5-8(11)4-3-7(9)6-12/h3-5H,2H2,1H3,(H,13,14). The number of amides is 1. The van der Waals surface area contributed by atoms with Gasteiger partial charge in [0.1, 0.15) is 0 Å². The van der Waals surface area contributed by atoms with E-state index in [4.69, 9.17) is 5.26 Å². The Bertz CT molecular complexity index is 396. The average molecular weight is 300 g/mol. The van der Waals surface area contributed by atoms with Gasteiger partial charge in [-0.15, -0.1) is 0 Å². The number of halogens is 1. The number of nitriles is 1. The maximum atomic E-state index is 11.5. The smallest absolute Gasteiger partial charge is 0.252 e. The minimum Gasteiger partial charge on any atom is -0.352 e. The van der Waals surface area contributed by atoms with Crippen LogP contribution in [0.2, 0.25) is 0 Å². The molecule has 0 fully saturated rings. The molecule has 0 aliphatic heterocycles. The molecule has 1 rings (SSSR count). The molecule has 0 atom stereocenters. The van der Waals surface area contributed by atoms with Crippen LogP contribution >= 0.6 is 22.6 Å². The summed E-state index contributed by atoms with van der Waals surface area (Å²) in [4.78, 5) is 11.5. The fourth-order valence-electron chi connectivity index (χ4n) is 1.06. The van der Waals surface area contributed by atoms with Crippen LogP contribution in [0.5, 0.6) is 0 Å². The summed E-state index contributed by atoms with van der Waals surface area (Å²) in [5.74, 6) is -0.192. The summed E-state index contributed by atoms with van der Waals surface area (Å²) < 4.78 is 0.947. The van der Waals surface area contributed by atoms with E-state index >= 15 is 0 Å². The molecule has 0 bridgehead atoms. The third-order valence-electron chi connectivity index (χ3n) is 1.68. The Morgan fingerprint density at radius 1 is 1.64 bits per heavy atom. The van der Waals surface area contributed by atoms with E-state index in [-0.39, 0.29) is 5.91 Å². The summed E-state index contributed by atoms with van der Waals surface area (Å²) in [6.07, 6.45) is 0. The van der Waals surface area contributed by atoms with E-state index in [1.165, 1.54) is 0 Å². The molecule has 1 aromatic rings. The summed E-state index contributed by atoms with van der Waals surface area (Å²) in [6.45, 7) is 2.41. The number of carbonyl (C=O) groups is 1. The first-order valence-electron chi connectivity index (χ1n) is 4.17. The van der Waals surface area contributed by atoms with Gasteiger partial charge in [0, 0.05) is 10.1 Å². The predicted octanol–water partition coefficient (Wildman–Crippen LogP) is 1.91. The molecule has 3 nitrogen and oxygen atoms in total. The Morgan fingerprint density at radius 2 is 2.36 bits per heavy atom. The van der Waals surface area contributed by atoms with Gasteiger partial charge in [-0.2, -0.15) is 5.26 Å². The van der Waals surface area contributed by atoms with Gasteiger partial charge in [-0.1, -0.05) is 0 Å². The number of carbonyl (C=O) groups excluding carboxylic acids is 1. The molecule has 0 saturated heterocycles. The van der Waals surface area contributed by atoms with Crippen LogP contribution in [0, 0.1) is 14.9 Å². The van der Waals surface area contributed by atoms with Crippen LogP contribution in [0.1, 0.15) is 22.8 Å². The molecule has 0 heterocycles. The van der Waals surface area contributed by atoms with Crippen molar-refractivity contribution >= 4 is 28.5 Å². The third kappa shape index (κ3) is 2.45. The van der Waals surface area contributed by atoms with Crippen LogP contribution in [0.25, 0.3) is 0 Å². The van der Waals surface area contributed by atoms with Gasteiger partial charge in [0.2, 0.25) is 0 Å². The molecule has 1 N–H and O–H groups in total. The highest BCUT2D eigenvalue weighted by molar-refractivity contribution is 14.1. The second-order valence-corrected chi connectivity index (χ2v) is 3.91.